The molecule has 0 amide bonds. The minimum atomic E-state index is -0.790. The molecule has 0 bridgehead atoms. The lowest BCUT2D eigenvalue weighted by Gasteiger charge is -2.18. The zero-order chi connectivity index (χ0) is 42.3. The summed E-state index contributed by atoms with van der Waals surface area (Å²) in [5.41, 5.74) is 0. The molecule has 0 aromatic rings. The number of carbonyl (C=O) groups excluding carboxylic acids is 3. The van der Waals surface area contributed by atoms with Crippen molar-refractivity contribution in [3.8, 4) is 0 Å². The van der Waals surface area contributed by atoms with Crippen molar-refractivity contribution >= 4 is 17.9 Å². The van der Waals surface area contributed by atoms with Crippen LogP contribution >= 0.6 is 0 Å². The van der Waals surface area contributed by atoms with E-state index in [9.17, 15) is 14.4 Å². The highest BCUT2D eigenvalue weighted by atomic mass is 16.6. The van der Waals surface area contributed by atoms with Gasteiger partial charge in [-0.05, 0) is 96.3 Å². The lowest BCUT2D eigenvalue weighted by atomic mass is 10.1. The van der Waals surface area contributed by atoms with Crippen molar-refractivity contribution in [3.05, 3.63) is 60.8 Å². The quantitative estimate of drug-likeness (QED) is 0.0264. The molecule has 0 N–H and O–H groups in total. The monoisotopic (exact) mass is 811 g/mol. The molecular formula is C52H90O6. The summed E-state index contributed by atoms with van der Waals surface area (Å²) in [6, 6.07) is 0. The molecule has 1 atom stereocenters. The highest BCUT2D eigenvalue weighted by Gasteiger charge is 2.19. The van der Waals surface area contributed by atoms with Gasteiger partial charge in [0.05, 0.1) is 0 Å². The number of carbonyl (C=O) groups is 3. The first-order valence-electron chi connectivity index (χ1n) is 24.3. The molecule has 0 aromatic carbocycles. The largest absolute Gasteiger partial charge is 0.462 e. The van der Waals surface area contributed by atoms with Crippen LogP contribution in [0.4, 0.5) is 0 Å². The molecular weight excluding hydrogens is 721 g/mol. The van der Waals surface area contributed by atoms with Crippen LogP contribution in [0.15, 0.2) is 60.8 Å². The first-order valence-corrected chi connectivity index (χ1v) is 24.3. The van der Waals surface area contributed by atoms with Gasteiger partial charge in [0.25, 0.3) is 0 Å². The van der Waals surface area contributed by atoms with E-state index in [-0.39, 0.29) is 31.1 Å². The lowest BCUT2D eigenvalue weighted by molar-refractivity contribution is -0.167. The SMILES string of the molecule is CC/C=C\C/C=C\CCCCCCCCCC(=O)OC(COC(=O)CCCC/C=C\C/C=C\CC)COC(=O)CCCCCCCCC/C=C\CCCCCCCC. The second-order valence-electron chi connectivity index (χ2n) is 16.0. The minimum Gasteiger partial charge on any atom is -0.462 e. The van der Waals surface area contributed by atoms with Crippen LogP contribution < -0.4 is 0 Å². The fourth-order valence-electron chi connectivity index (χ4n) is 6.63. The third-order valence-corrected chi connectivity index (χ3v) is 10.2. The van der Waals surface area contributed by atoms with Gasteiger partial charge in [-0.3, -0.25) is 14.4 Å². The fourth-order valence-corrected chi connectivity index (χ4v) is 6.63. The Hall–Kier alpha value is -2.89. The second kappa shape index (κ2) is 46.8. The first kappa shape index (κ1) is 55.1. The molecule has 0 fully saturated rings. The van der Waals surface area contributed by atoms with Crippen molar-refractivity contribution < 1.29 is 28.6 Å². The van der Waals surface area contributed by atoms with Crippen LogP contribution in [0, 0.1) is 0 Å². The topological polar surface area (TPSA) is 78.9 Å². The Kier molecular flexibility index (Phi) is 44.5. The Labute approximate surface area is 358 Å². The number of unbranched alkanes of at least 4 members (excludes halogenated alkanes) is 22. The zero-order valence-electron chi connectivity index (χ0n) is 38.0. The molecule has 0 aliphatic heterocycles. The number of rotatable bonds is 43. The molecule has 0 saturated carbocycles. The highest BCUT2D eigenvalue weighted by Crippen LogP contribution is 2.14. The molecule has 0 heterocycles. The van der Waals surface area contributed by atoms with E-state index in [1.54, 1.807) is 0 Å². The predicted octanol–water partition coefficient (Wildman–Crippen LogP) is 15.7. The molecule has 6 nitrogen and oxygen atoms in total. The Morgan fingerprint density at radius 2 is 0.672 bits per heavy atom. The average molecular weight is 811 g/mol. The number of hydrogen-bond acceptors (Lipinski definition) is 6. The van der Waals surface area contributed by atoms with E-state index >= 15 is 0 Å². The third kappa shape index (κ3) is 44.2. The Morgan fingerprint density at radius 3 is 1.09 bits per heavy atom. The summed E-state index contributed by atoms with van der Waals surface area (Å²) in [5, 5.41) is 0. The van der Waals surface area contributed by atoms with Crippen molar-refractivity contribution in [2.45, 2.75) is 239 Å². The summed E-state index contributed by atoms with van der Waals surface area (Å²) < 4.78 is 16.7. The maximum absolute atomic E-state index is 12.7. The van der Waals surface area contributed by atoms with Gasteiger partial charge in [0, 0.05) is 19.3 Å². The molecule has 0 aliphatic rings. The van der Waals surface area contributed by atoms with Gasteiger partial charge in [0.2, 0.25) is 0 Å². The summed E-state index contributed by atoms with van der Waals surface area (Å²) in [5.74, 6) is -0.941. The maximum Gasteiger partial charge on any atom is 0.306 e. The molecule has 0 radical (unpaired) electrons. The van der Waals surface area contributed by atoms with E-state index in [2.05, 4.69) is 81.5 Å². The zero-order valence-corrected chi connectivity index (χ0v) is 38.0. The molecule has 6 heteroatoms. The van der Waals surface area contributed by atoms with Gasteiger partial charge in [0.1, 0.15) is 13.2 Å². The maximum atomic E-state index is 12.7. The molecule has 0 saturated heterocycles. The normalized spacial score (nSPS) is 12.5. The number of hydrogen-bond donors (Lipinski definition) is 0. The van der Waals surface area contributed by atoms with E-state index in [0.29, 0.717) is 19.3 Å². The van der Waals surface area contributed by atoms with Crippen LogP contribution in [0.3, 0.4) is 0 Å². The Morgan fingerprint density at radius 1 is 0.362 bits per heavy atom. The molecule has 0 aliphatic carbocycles. The van der Waals surface area contributed by atoms with E-state index in [1.165, 1.54) is 103 Å². The van der Waals surface area contributed by atoms with Gasteiger partial charge in [-0.25, -0.2) is 0 Å². The average Bonchev–Trinajstić information content (AvgIpc) is 3.22. The Balaban J connectivity index is 4.35. The molecule has 58 heavy (non-hydrogen) atoms. The molecule has 1 unspecified atom stereocenters. The van der Waals surface area contributed by atoms with E-state index in [0.717, 1.165) is 89.9 Å². The minimum absolute atomic E-state index is 0.0901. The van der Waals surface area contributed by atoms with Crippen LogP contribution in [0.25, 0.3) is 0 Å². The van der Waals surface area contributed by atoms with Gasteiger partial charge >= 0.3 is 17.9 Å². The predicted molar refractivity (Wildman–Crippen MR) is 247 cm³/mol. The summed E-state index contributed by atoms with van der Waals surface area (Å²) in [4.78, 5) is 37.8. The highest BCUT2D eigenvalue weighted by molar-refractivity contribution is 5.71. The van der Waals surface area contributed by atoms with E-state index in [4.69, 9.17) is 14.2 Å². The summed E-state index contributed by atoms with van der Waals surface area (Å²) >= 11 is 0. The fraction of sp³-hybridized carbons (Fsp3) is 0.750. The van der Waals surface area contributed by atoms with Gasteiger partial charge in [-0.15, -0.1) is 0 Å². The van der Waals surface area contributed by atoms with Gasteiger partial charge in [0.15, 0.2) is 6.10 Å². The number of ether oxygens (including phenoxy) is 3. The van der Waals surface area contributed by atoms with Crippen LogP contribution in [0.2, 0.25) is 0 Å². The van der Waals surface area contributed by atoms with Crippen LogP contribution in [0.5, 0.6) is 0 Å². The summed E-state index contributed by atoms with van der Waals surface area (Å²) in [6.07, 6.45) is 56.5. The number of esters is 3. The van der Waals surface area contributed by atoms with Crippen molar-refractivity contribution in [2.75, 3.05) is 13.2 Å². The van der Waals surface area contributed by atoms with Crippen molar-refractivity contribution in [1.29, 1.82) is 0 Å². The second-order valence-corrected chi connectivity index (χ2v) is 16.0. The van der Waals surface area contributed by atoms with Gasteiger partial charge in [-0.1, -0.05) is 178 Å². The van der Waals surface area contributed by atoms with Crippen LogP contribution in [0.1, 0.15) is 233 Å². The summed E-state index contributed by atoms with van der Waals surface area (Å²) in [7, 11) is 0. The Bertz CT molecular complexity index is 1070. The van der Waals surface area contributed by atoms with Gasteiger partial charge < -0.3 is 14.2 Å². The molecule has 0 rings (SSSR count). The first-order chi connectivity index (χ1) is 28.5. The third-order valence-electron chi connectivity index (χ3n) is 10.2. The smallest absolute Gasteiger partial charge is 0.306 e. The standard InChI is InChI=1S/C52H90O6/c1-4-7-10-13-16-19-21-23-25-26-27-29-30-33-36-39-42-45-51(54)57-48-49(47-56-50(53)44-41-38-35-32-18-15-12-9-6-3)58-52(55)46-43-40-37-34-31-28-24-22-20-17-14-11-8-5-2/h8-9,11-12,17-18,20,23,25,32,49H,4-7,10,13-16,19,21-22,24,26-31,33-48H2,1-3H3/b11-8-,12-9-,20-17-,25-23-,32-18-. The van der Waals surface area contributed by atoms with Gasteiger partial charge in [-0.2, -0.15) is 0 Å². The molecule has 0 spiro atoms. The molecule has 334 valence electrons. The van der Waals surface area contributed by atoms with Crippen LogP contribution in [-0.2, 0) is 28.6 Å². The van der Waals surface area contributed by atoms with Crippen molar-refractivity contribution in [1.82, 2.24) is 0 Å². The van der Waals surface area contributed by atoms with E-state index < -0.39 is 6.10 Å². The molecule has 0 aromatic heterocycles. The summed E-state index contributed by atoms with van der Waals surface area (Å²) in [6.45, 7) is 6.36. The number of allylic oxidation sites excluding steroid dienone is 10. The van der Waals surface area contributed by atoms with Crippen LogP contribution in [-0.4, -0.2) is 37.2 Å². The van der Waals surface area contributed by atoms with Crippen molar-refractivity contribution in [2.24, 2.45) is 0 Å². The lowest BCUT2D eigenvalue weighted by Crippen LogP contribution is -2.30. The van der Waals surface area contributed by atoms with E-state index in [1.807, 2.05) is 0 Å². The van der Waals surface area contributed by atoms with Crippen molar-refractivity contribution in [3.63, 3.8) is 0 Å².